The fourth-order valence-corrected chi connectivity index (χ4v) is 2.67. The van der Waals surface area contributed by atoms with Crippen LogP contribution < -0.4 is 11.6 Å². The first-order chi connectivity index (χ1) is 11.5. The van der Waals surface area contributed by atoms with Crippen LogP contribution in [0.2, 0.25) is 0 Å². The number of esters is 1. The predicted octanol–water partition coefficient (Wildman–Crippen LogP) is 1.16. The number of rotatable bonds is 10. The highest BCUT2D eigenvalue weighted by molar-refractivity contribution is 7.98. The van der Waals surface area contributed by atoms with Gasteiger partial charge in [0.2, 0.25) is 0 Å². The molecule has 1 aromatic carbocycles. The van der Waals surface area contributed by atoms with Crippen LogP contribution in [-0.2, 0) is 20.7 Å². The van der Waals surface area contributed by atoms with E-state index in [2.05, 4.69) is 0 Å². The quantitative estimate of drug-likeness (QED) is 0.210. The Morgan fingerprint density at radius 2 is 2.00 bits per heavy atom. The van der Waals surface area contributed by atoms with E-state index < -0.39 is 24.0 Å². The van der Waals surface area contributed by atoms with Crippen LogP contribution >= 0.6 is 23.4 Å². The van der Waals surface area contributed by atoms with Gasteiger partial charge in [0.05, 0.1) is 11.9 Å². The Morgan fingerprint density at radius 1 is 1.33 bits per heavy atom. The minimum atomic E-state index is -0.866. The van der Waals surface area contributed by atoms with E-state index in [1.807, 2.05) is 36.6 Å². The molecule has 0 aliphatic rings. The minimum absolute atomic E-state index is 0.0776. The summed E-state index contributed by atoms with van der Waals surface area (Å²) in [5, 5.41) is 0.903. The molecule has 1 amide bonds. The van der Waals surface area contributed by atoms with Crippen LogP contribution in [0.1, 0.15) is 12.0 Å². The van der Waals surface area contributed by atoms with Crippen molar-refractivity contribution >= 4 is 35.2 Å². The average molecular weight is 374 g/mol. The van der Waals surface area contributed by atoms with E-state index in [1.54, 1.807) is 11.8 Å². The first-order valence-corrected chi connectivity index (χ1v) is 9.53. The molecule has 4 N–H and O–H groups in total. The molecular formula is C16H24ClN3O3S. The molecule has 1 aromatic rings. The van der Waals surface area contributed by atoms with Gasteiger partial charge in [-0.15, -0.1) is 11.6 Å². The van der Waals surface area contributed by atoms with Crippen LogP contribution in [0.5, 0.6) is 0 Å². The van der Waals surface area contributed by atoms with Crippen LogP contribution in [0.3, 0.4) is 0 Å². The average Bonchev–Trinajstić information content (AvgIpc) is 2.60. The van der Waals surface area contributed by atoms with Crippen molar-refractivity contribution in [3.8, 4) is 0 Å². The molecule has 0 heterocycles. The monoisotopic (exact) mass is 373 g/mol. The van der Waals surface area contributed by atoms with Gasteiger partial charge in [0.25, 0.3) is 5.91 Å². The van der Waals surface area contributed by atoms with Gasteiger partial charge in [-0.3, -0.25) is 9.80 Å². The number of alkyl halides is 1. The van der Waals surface area contributed by atoms with Gasteiger partial charge in [0, 0.05) is 0 Å². The number of amides is 1. The van der Waals surface area contributed by atoms with Gasteiger partial charge in [-0.25, -0.2) is 10.6 Å². The zero-order chi connectivity index (χ0) is 17.9. The third-order valence-corrected chi connectivity index (χ3v) is 4.19. The zero-order valence-corrected chi connectivity index (χ0v) is 15.3. The van der Waals surface area contributed by atoms with Crippen molar-refractivity contribution in [1.29, 1.82) is 0 Å². The SMILES string of the molecule is CSCC[C@@H](C(=O)OCCCl)N(N)C(=O)[C@@H](N)Cc1ccccc1. The molecule has 6 nitrogen and oxygen atoms in total. The molecule has 0 saturated carbocycles. The van der Waals surface area contributed by atoms with Gasteiger partial charge < -0.3 is 10.5 Å². The summed E-state index contributed by atoms with van der Waals surface area (Å²) >= 11 is 7.08. The van der Waals surface area contributed by atoms with Gasteiger partial charge in [-0.1, -0.05) is 30.3 Å². The molecule has 134 valence electrons. The standard InChI is InChI=1S/C16H24ClN3O3S/c1-24-10-7-14(16(22)23-9-8-17)20(19)15(21)13(18)11-12-5-3-2-4-6-12/h2-6,13-14H,7-11,18-19H2,1H3/t13-,14-/m0/s1. The molecule has 0 saturated heterocycles. The van der Waals surface area contributed by atoms with Crippen LogP contribution in [-0.4, -0.2) is 53.5 Å². The number of nitrogens with two attached hydrogens (primary N) is 2. The second kappa shape index (κ2) is 11.3. The topological polar surface area (TPSA) is 98.6 Å². The van der Waals surface area contributed by atoms with Crippen molar-refractivity contribution in [3.63, 3.8) is 0 Å². The molecule has 0 fully saturated rings. The lowest BCUT2D eigenvalue weighted by Gasteiger charge is -2.28. The molecule has 0 unspecified atom stereocenters. The van der Waals surface area contributed by atoms with Crippen molar-refractivity contribution in [1.82, 2.24) is 5.01 Å². The number of hydrogen-bond acceptors (Lipinski definition) is 6. The number of carbonyl (C=O) groups is 2. The Balaban J connectivity index is 2.73. The summed E-state index contributed by atoms with van der Waals surface area (Å²) in [6, 6.07) is 7.71. The summed E-state index contributed by atoms with van der Waals surface area (Å²) in [6.07, 6.45) is 2.65. The van der Waals surface area contributed by atoms with Gasteiger partial charge in [-0.05, 0) is 30.4 Å². The van der Waals surface area contributed by atoms with Gasteiger partial charge in [0.1, 0.15) is 12.6 Å². The molecule has 0 radical (unpaired) electrons. The van der Waals surface area contributed by atoms with E-state index in [4.69, 9.17) is 27.9 Å². The Bertz CT molecular complexity index is 519. The summed E-state index contributed by atoms with van der Waals surface area (Å²) < 4.78 is 5.02. The number of hydrogen-bond donors (Lipinski definition) is 2. The lowest BCUT2D eigenvalue weighted by Crippen LogP contribution is -2.56. The smallest absolute Gasteiger partial charge is 0.330 e. The number of benzene rings is 1. The summed E-state index contributed by atoms with van der Waals surface area (Å²) in [7, 11) is 0. The van der Waals surface area contributed by atoms with Crippen molar-refractivity contribution in [2.45, 2.75) is 24.9 Å². The van der Waals surface area contributed by atoms with Gasteiger partial charge in [0.15, 0.2) is 0 Å². The van der Waals surface area contributed by atoms with E-state index in [-0.39, 0.29) is 12.5 Å². The number of ether oxygens (including phenoxy) is 1. The lowest BCUT2D eigenvalue weighted by molar-refractivity contribution is -0.155. The highest BCUT2D eigenvalue weighted by Crippen LogP contribution is 2.11. The van der Waals surface area contributed by atoms with Crippen LogP contribution in [0, 0.1) is 0 Å². The number of carbonyl (C=O) groups excluding carboxylic acids is 2. The Hall–Kier alpha value is -1.28. The second-order valence-corrected chi connectivity index (χ2v) is 6.56. The largest absolute Gasteiger partial charge is 0.463 e. The number of hydrazine groups is 1. The minimum Gasteiger partial charge on any atom is -0.463 e. The summed E-state index contributed by atoms with van der Waals surface area (Å²) in [5.41, 5.74) is 6.90. The molecule has 2 atom stereocenters. The highest BCUT2D eigenvalue weighted by Gasteiger charge is 2.31. The molecule has 0 bridgehead atoms. The Kier molecular flexibility index (Phi) is 9.78. The highest BCUT2D eigenvalue weighted by atomic mass is 35.5. The summed E-state index contributed by atoms with van der Waals surface area (Å²) in [5.74, 6) is 5.68. The van der Waals surface area contributed by atoms with E-state index >= 15 is 0 Å². The maximum Gasteiger partial charge on any atom is 0.330 e. The van der Waals surface area contributed by atoms with Crippen molar-refractivity contribution in [2.75, 3.05) is 24.5 Å². The first-order valence-electron chi connectivity index (χ1n) is 7.60. The fourth-order valence-electron chi connectivity index (χ4n) is 2.14. The number of nitrogens with zero attached hydrogens (tertiary/aromatic N) is 1. The molecule has 0 spiro atoms. The third kappa shape index (κ3) is 6.68. The summed E-state index contributed by atoms with van der Waals surface area (Å²) in [4.78, 5) is 24.6. The Morgan fingerprint density at radius 3 is 2.58 bits per heavy atom. The maximum absolute atomic E-state index is 12.5. The third-order valence-electron chi connectivity index (χ3n) is 3.39. The van der Waals surface area contributed by atoms with Crippen LogP contribution in [0.15, 0.2) is 30.3 Å². The molecule has 0 aliphatic heterocycles. The van der Waals surface area contributed by atoms with Crippen molar-refractivity contribution in [2.24, 2.45) is 11.6 Å². The number of thioether (sulfide) groups is 1. The molecule has 1 rings (SSSR count). The molecule has 0 aliphatic carbocycles. The van der Waals surface area contributed by atoms with E-state index in [0.717, 1.165) is 10.6 Å². The van der Waals surface area contributed by atoms with E-state index in [1.165, 1.54) is 0 Å². The van der Waals surface area contributed by atoms with E-state index in [0.29, 0.717) is 18.6 Å². The molecule has 24 heavy (non-hydrogen) atoms. The molecule has 0 aromatic heterocycles. The van der Waals surface area contributed by atoms with E-state index in [9.17, 15) is 9.59 Å². The maximum atomic E-state index is 12.5. The lowest BCUT2D eigenvalue weighted by atomic mass is 10.1. The van der Waals surface area contributed by atoms with Crippen molar-refractivity contribution < 1.29 is 14.3 Å². The molecular weight excluding hydrogens is 350 g/mol. The fraction of sp³-hybridized carbons (Fsp3) is 0.500. The zero-order valence-electron chi connectivity index (χ0n) is 13.7. The summed E-state index contributed by atoms with van der Waals surface area (Å²) in [6.45, 7) is 0.0776. The van der Waals surface area contributed by atoms with Gasteiger partial charge >= 0.3 is 5.97 Å². The first kappa shape index (κ1) is 20.8. The normalized spacial score (nSPS) is 13.2. The van der Waals surface area contributed by atoms with Crippen molar-refractivity contribution in [3.05, 3.63) is 35.9 Å². The number of halogens is 1. The second-order valence-electron chi connectivity index (χ2n) is 5.20. The van der Waals surface area contributed by atoms with Crippen LogP contribution in [0.25, 0.3) is 0 Å². The Labute approximate surface area is 151 Å². The molecule has 8 heteroatoms. The predicted molar refractivity (Wildman–Crippen MR) is 97.6 cm³/mol. The van der Waals surface area contributed by atoms with Gasteiger partial charge in [-0.2, -0.15) is 11.8 Å². The van der Waals surface area contributed by atoms with Crippen LogP contribution in [0.4, 0.5) is 0 Å².